The van der Waals surface area contributed by atoms with Crippen LogP contribution < -0.4 is 11.1 Å². The molecule has 0 radical (unpaired) electrons. The fourth-order valence-corrected chi connectivity index (χ4v) is 3.24. The predicted molar refractivity (Wildman–Crippen MR) is 88.8 cm³/mol. The van der Waals surface area contributed by atoms with E-state index < -0.39 is 0 Å². The zero-order chi connectivity index (χ0) is 16.3. The molecule has 0 spiro atoms. The van der Waals surface area contributed by atoms with Crippen LogP contribution in [0.25, 0.3) is 0 Å². The molecule has 4 unspecified atom stereocenters. The molecule has 1 saturated heterocycles. The molecule has 2 heterocycles. The van der Waals surface area contributed by atoms with E-state index >= 15 is 0 Å². The number of aromatic nitrogens is 1. The molecule has 0 aromatic carbocycles. The van der Waals surface area contributed by atoms with Gasteiger partial charge in [-0.1, -0.05) is 6.92 Å². The van der Waals surface area contributed by atoms with Crippen LogP contribution in [0, 0.1) is 5.92 Å². The molecule has 0 bridgehead atoms. The number of hydrogen-bond donors (Lipinski definition) is 2. The molecule has 3 N–H and O–H groups in total. The normalized spacial score (nSPS) is 25.7. The average molecular weight is 326 g/mol. The van der Waals surface area contributed by atoms with Gasteiger partial charge in [-0.3, -0.25) is 9.69 Å². The maximum absolute atomic E-state index is 12.0. The summed E-state index contributed by atoms with van der Waals surface area (Å²) in [4.78, 5) is 18.8. The molecule has 6 nitrogen and oxygen atoms in total. The number of amides is 1. The van der Waals surface area contributed by atoms with Crippen molar-refractivity contribution in [1.29, 1.82) is 0 Å². The van der Waals surface area contributed by atoms with Crippen molar-refractivity contribution < 1.29 is 9.53 Å². The first kappa shape index (κ1) is 17.3. The molecule has 22 heavy (non-hydrogen) atoms. The molecule has 7 heteroatoms. The van der Waals surface area contributed by atoms with Crippen molar-refractivity contribution in [3.05, 3.63) is 11.1 Å². The molecular formula is C15H26N4O2S. The van der Waals surface area contributed by atoms with E-state index in [1.54, 1.807) is 0 Å². The van der Waals surface area contributed by atoms with Crippen LogP contribution in [0.2, 0.25) is 0 Å². The summed E-state index contributed by atoms with van der Waals surface area (Å²) in [6.45, 7) is 10.4. The molecular weight excluding hydrogens is 300 g/mol. The van der Waals surface area contributed by atoms with E-state index in [0.717, 1.165) is 25.3 Å². The summed E-state index contributed by atoms with van der Waals surface area (Å²) in [5.74, 6) is -0.308. The second-order valence-corrected chi connectivity index (χ2v) is 7.09. The van der Waals surface area contributed by atoms with Crippen LogP contribution in [-0.2, 0) is 16.1 Å². The Morgan fingerprint density at radius 2 is 2.14 bits per heavy atom. The van der Waals surface area contributed by atoms with Crippen LogP contribution in [0.1, 0.15) is 33.4 Å². The Kier molecular flexibility index (Phi) is 5.91. The number of hydrogen-bond acceptors (Lipinski definition) is 6. The third-order valence-electron chi connectivity index (χ3n) is 3.86. The summed E-state index contributed by atoms with van der Waals surface area (Å²) >= 11 is 1.46. The average Bonchev–Trinajstić information content (AvgIpc) is 2.83. The fraction of sp³-hybridized carbons (Fsp3) is 0.733. The fourth-order valence-electron chi connectivity index (χ4n) is 2.54. The standard InChI is InChI=1S/C15H26N4O2S/c1-9-5-19(6-10(2)21-9)7-13-8-22-15(17-13)18-14(20)11(3)12(4)16/h8-12H,5-7,16H2,1-4H3,(H,17,18,20). The first-order valence-electron chi connectivity index (χ1n) is 7.73. The lowest BCUT2D eigenvalue weighted by molar-refractivity contribution is -0.119. The maximum Gasteiger partial charge on any atom is 0.230 e. The van der Waals surface area contributed by atoms with E-state index in [0.29, 0.717) is 5.13 Å². The second-order valence-electron chi connectivity index (χ2n) is 6.23. The molecule has 1 aromatic heterocycles. The number of nitrogens with two attached hydrogens (primary N) is 1. The van der Waals surface area contributed by atoms with Crippen LogP contribution in [0.5, 0.6) is 0 Å². The Hall–Kier alpha value is -1.02. The van der Waals surface area contributed by atoms with Gasteiger partial charge in [0.15, 0.2) is 5.13 Å². The van der Waals surface area contributed by atoms with Gasteiger partial charge in [0.05, 0.1) is 23.8 Å². The van der Waals surface area contributed by atoms with Gasteiger partial charge in [0.2, 0.25) is 5.91 Å². The molecule has 0 saturated carbocycles. The molecule has 4 atom stereocenters. The van der Waals surface area contributed by atoms with E-state index in [1.807, 2.05) is 19.2 Å². The smallest absolute Gasteiger partial charge is 0.230 e. The highest BCUT2D eigenvalue weighted by Gasteiger charge is 2.23. The zero-order valence-electron chi connectivity index (χ0n) is 13.7. The third-order valence-corrected chi connectivity index (χ3v) is 4.67. The quantitative estimate of drug-likeness (QED) is 0.860. The minimum Gasteiger partial charge on any atom is -0.373 e. The number of rotatable bonds is 5. The molecule has 1 aliphatic heterocycles. The minimum atomic E-state index is -0.228. The van der Waals surface area contributed by atoms with Gasteiger partial charge >= 0.3 is 0 Å². The topological polar surface area (TPSA) is 80.5 Å². The van der Waals surface area contributed by atoms with E-state index in [4.69, 9.17) is 10.5 Å². The summed E-state index contributed by atoms with van der Waals surface area (Å²) in [6, 6.07) is -0.171. The molecule has 1 amide bonds. The van der Waals surface area contributed by atoms with Gasteiger partial charge in [0, 0.05) is 31.1 Å². The van der Waals surface area contributed by atoms with Gasteiger partial charge in [-0.2, -0.15) is 0 Å². The van der Waals surface area contributed by atoms with Crippen LogP contribution in [0.15, 0.2) is 5.38 Å². The number of carbonyl (C=O) groups is 1. The van der Waals surface area contributed by atoms with Crippen molar-refractivity contribution in [3.8, 4) is 0 Å². The van der Waals surface area contributed by atoms with Crippen LogP contribution in [0.4, 0.5) is 5.13 Å². The summed E-state index contributed by atoms with van der Waals surface area (Å²) in [6.07, 6.45) is 0.488. The number of morpholine rings is 1. The Morgan fingerprint density at radius 3 is 2.73 bits per heavy atom. The number of thiazole rings is 1. The number of anilines is 1. The first-order chi connectivity index (χ1) is 10.3. The van der Waals surface area contributed by atoms with Crippen molar-refractivity contribution >= 4 is 22.4 Å². The highest BCUT2D eigenvalue weighted by atomic mass is 32.1. The molecule has 1 aromatic rings. The molecule has 1 aliphatic rings. The summed E-state index contributed by atoms with van der Waals surface area (Å²) in [7, 11) is 0. The second kappa shape index (κ2) is 7.50. The van der Waals surface area contributed by atoms with Gasteiger partial charge in [-0.05, 0) is 20.8 Å². The zero-order valence-corrected chi connectivity index (χ0v) is 14.5. The summed E-state index contributed by atoms with van der Waals surface area (Å²) < 4.78 is 5.73. The van der Waals surface area contributed by atoms with Crippen LogP contribution in [-0.4, -0.2) is 47.1 Å². The third kappa shape index (κ3) is 4.74. The van der Waals surface area contributed by atoms with Gasteiger partial charge in [0.1, 0.15) is 0 Å². The molecule has 124 valence electrons. The summed E-state index contributed by atoms with van der Waals surface area (Å²) in [5, 5.41) is 5.48. The highest BCUT2D eigenvalue weighted by molar-refractivity contribution is 7.13. The molecule has 0 aliphatic carbocycles. The lowest BCUT2D eigenvalue weighted by Crippen LogP contribution is -2.44. The van der Waals surface area contributed by atoms with Crippen molar-refractivity contribution in [2.75, 3.05) is 18.4 Å². The highest BCUT2D eigenvalue weighted by Crippen LogP contribution is 2.20. The lowest BCUT2D eigenvalue weighted by Gasteiger charge is -2.34. The predicted octanol–water partition coefficient (Wildman–Crippen LogP) is 1.67. The Bertz CT molecular complexity index is 495. The molecule has 1 fully saturated rings. The van der Waals surface area contributed by atoms with Gasteiger partial charge in [0.25, 0.3) is 0 Å². The van der Waals surface area contributed by atoms with E-state index in [1.165, 1.54) is 11.3 Å². The number of nitrogens with zero attached hydrogens (tertiary/aromatic N) is 2. The maximum atomic E-state index is 12.0. The van der Waals surface area contributed by atoms with E-state index in [9.17, 15) is 4.79 Å². The SMILES string of the molecule is CC1CN(Cc2csc(NC(=O)C(C)C(C)N)n2)CC(C)O1. The van der Waals surface area contributed by atoms with Crippen molar-refractivity contribution in [2.24, 2.45) is 11.7 Å². The van der Waals surface area contributed by atoms with Gasteiger partial charge in [-0.25, -0.2) is 4.98 Å². The number of ether oxygens (including phenoxy) is 1. The van der Waals surface area contributed by atoms with Crippen molar-refractivity contribution in [3.63, 3.8) is 0 Å². The van der Waals surface area contributed by atoms with Crippen LogP contribution >= 0.6 is 11.3 Å². The van der Waals surface area contributed by atoms with Crippen molar-refractivity contribution in [1.82, 2.24) is 9.88 Å². The monoisotopic (exact) mass is 326 g/mol. The lowest BCUT2D eigenvalue weighted by atomic mass is 10.0. The van der Waals surface area contributed by atoms with E-state index in [2.05, 4.69) is 29.0 Å². The number of nitrogens with one attached hydrogen (secondary N) is 1. The minimum absolute atomic E-state index is 0.0792. The Labute approximate surface area is 136 Å². The van der Waals surface area contributed by atoms with Crippen molar-refractivity contribution in [2.45, 2.75) is 52.5 Å². The van der Waals surface area contributed by atoms with E-state index in [-0.39, 0.29) is 30.1 Å². The Balaban J connectivity index is 1.90. The molecule has 2 rings (SSSR count). The Morgan fingerprint density at radius 1 is 1.50 bits per heavy atom. The first-order valence-corrected chi connectivity index (χ1v) is 8.61. The number of carbonyl (C=O) groups excluding carboxylic acids is 1. The van der Waals surface area contributed by atoms with Crippen LogP contribution in [0.3, 0.4) is 0 Å². The van der Waals surface area contributed by atoms with Gasteiger partial charge < -0.3 is 15.8 Å². The largest absolute Gasteiger partial charge is 0.373 e. The summed E-state index contributed by atoms with van der Waals surface area (Å²) in [5.41, 5.74) is 6.73. The van der Waals surface area contributed by atoms with Gasteiger partial charge in [-0.15, -0.1) is 11.3 Å².